The van der Waals surface area contributed by atoms with E-state index in [1.807, 2.05) is 0 Å². The van der Waals surface area contributed by atoms with Crippen LogP contribution in [0.4, 0.5) is 0 Å². The molecule has 7 heteroatoms. The van der Waals surface area contributed by atoms with E-state index in [1.165, 1.54) is 18.3 Å². The first-order chi connectivity index (χ1) is 7.84. The Morgan fingerprint density at radius 2 is 1.88 bits per heavy atom. The third-order valence-electron chi connectivity index (χ3n) is 2.33. The summed E-state index contributed by atoms with van der Waals surface area (Å²) in [7, 11) is -3.86. The fourth-order valence-electron chi connectivity index (χ4n) is 1.62. The zero-order valence-corrected chi connectivity index (χ0v) is 9.61. The van der Waals surface area contributed by atoms with E-state index in [0.29, 0.717) is 0 Å². The molecule has 0 bridgehead atoms. The molecule has 0 atom stereocenters. The molecule has 88 valence electrons. The maximum Gasteiger partial charge on any atom is 0.225 e. The van der Waals surface area contributed by atoms with E-state index in [0.717, 1.165) is 6.26 Å². The molecule has 17 heavy (non-hydrogen) atoms. The van der Waals surface area contributed by atoms with Crippen molar-refractivity contribution in [3.05, 3.63) is 40.2 Å². The molecule has 6 nitrogen and oxygen atoms in total. The fourth-order valence-corrected chi connectivity index (χ4v) is 2.54. The van der Waals surface area contributed by atoms with Gasteiger partial charge in [-0.25, -0.2) is 8.42 Å². The van der Waals surface area contributed by atoms with E-state index in [-0.39, 0.29) is 11.3 Å². The Bertz CT molecular complexity index is 673. The van der Waals surface area contributed by atoms with Crippen molar-refractivity contribution in [3.63, 3.8) is 0 Å². The number of hydrogen-bond donors (Lipinski definition) is 1. The lowest BCUT2D eigenvalue weighted by atomic mass is 9.97. The number of hydrogen-bond acceptors (Lipinski definition) is 6. The van der Waals surface area contributed by atoms with E-state index in [1.54, 1.807) is 0 Å². The largest absolute Gasteiger partial charge is 0.394 e. The first-order valence-corrected chi connectivity index (χ1v) is 6.47. The number of carbonyl (C=O) groups is 2. The van der Waals surface area contributed by atoms with Crippen LogP contribution in [-0.4, -0.2) is 31.2 Å². The normalized spacial score (nSPS) is 16.1. The Labute approximate surface area is 97.1 Å². The number of fused-ring (bicyclic) bond motifs is 1. The summed E-state index contributed by atoms with van der Waals surface area (Å²) in [6.45, 7) is 0. The third kappa shape index (κ3) is 1.64. The van der Waals surface area contributed by atoms with Crippen molar-refractivity contribution in [2.24, 2.45) is 5.73 Å². The van der Waals surface area contributed by atoms with E-state index in [2.05, 4.69) is 4.98 Å². The standard InChI is InChI=1S/C10H8N2O4S/c1-17(15,16)10-6(11)8(13)5-3-2-4-12-7(5)9(10)14/h2-4H,11H2,1H3. The zero-order valence-electron chi connectivity index (χ0n) is 8.80. The highest BCUT2D eigenvalue weighted by molar-refractivity contribution is 7.95. The van der Waals surface area contributed by atoms with Crippen LogP contribution in [0.15, 0.2) is 28.9 Å². The summed E-state index contributed by atoms with van der Waals surface area (Å²) in [5.41, 5.74) is 4.73. The Morgan fingerprint density at radius 1 is 1.24 bits per heavy atom. The van der Waals surface area contributed by atoms with Gasteiger partial charge in [-0.15, -0.1) is 0 Å². The van der Waals surface area contributed by atoms with Crippen molar-refractivity contribution in [3.8, 4) is 0 Å². The zero-order chi connectivity index (χ0) is 12.8. The number of allylic oxidation sites excluding steroid dienone is 2. The average Bonchev–Trinajstić information content (AvgIpc) is 2.24. The maximum absolute atomic E-state index is 11.9. The van der Waals surface area contributed by atoms with Crippen molar-refractivity contribution < 1.29 is 18.0 Å². The van der Waals surface area contributed by atoms with Crippen LogP contribution in [0.1, 0.15) is 20.8 Å². The predicted octanol–water partition coefficient (Wildman–Crippen LogP) is -0.325. The van der Waals surface area contributed by atoms with Gasteiger partial charge in [0, 0.05) is 12.5 Å². The summed E-state index contributed by atoms with van der Waals surface area (Å²) < 4.78 is 22.8. The molecule has 1 aliphatic carbocycles. The summed E-state index contributed by atoms with van der Waals surface area (Å²) in [6.07, 6.45) is 2.14. The molecule has 0 fully saturated rings. The van der Waals surface area contributed by atoms with Crippen LogP contribution >= 0.6 is 0 Å². The predicted molar refractivity (Wildman–Crippen MR) is 59.0 cm³/mol. The van der Waals surface area contributed by atoms with Gasteiger partial charge in [0.25, 0.3) is 0 Å². The number of sulfone groups is 1. The minimum Gasteiger partial charge on any atom is -0.394 e. The van der Waals surface area contributed by atoms with Gasteiger partial charge < -0.3 is 5.73 Å². The van der Waals surface area contributed by atoms with Gasteiger partial charge in [0.15, 0.2) is 9.84 Å². The van der Waals surface area contributed by atoms with Crippen LogP contribution in [0.25, 0.3) is 0 Å². The molecule has 2 rings (SSSR count). The van der Waals surface area contributed by atoms with Gasteiger partial charge in [0.05, 0.1) is 5.56 Å². The molecule has 1 aliphatic rings. The molecule has 1 aromatic rings. The summed E-state index contributed by atoms with van der Waals surface area (Å²) in [5.74, 6) is -1.52. The van der Waals surface area contributed by atoms with Crippen molar-refractivity contribution >= 4 is 21.4 Å². The van der Waals surface area contributed by atoms with Gasteiger partial charge in [-0.3, -0.25) is 14.6 Å². The van der Waals surface area contributed by atoms with E-state index in [4.69, 9.17) is 5.73 Å². The number of rotatable bonds is 1. The summed E-state index contributed by atoms with van der Waals surface area (Å²) in [6, 6.07) is 2.86. The SMILES string of the molecule is CS(=O)(=O)C1=C(N)C(=O)c2cccnc2C1=O. The monoisotopic (exact) mass is 252 g/mol. The molecular weight excluding hydrogens is 244 g/mol. The topological polar surface area (TPSA) is 107 Å². The van der Waals surface area contributed by atoms with Crippen LogP contribution in [0.2, 0.25) is 0 Å². The third-order valence-corrected chi connectivity index (χ3v) is 3.48. The molecule has 1 heterocycles. The first-order valence-electron chi connectivity index (χ1n) is 4.58. The quantitative estimate of drug-likeness (QED) is 0.733. The summed E-state index contributed by atoms with van der Waals surface area (Å²) >= 11 is 0. The van der Waals surface area contributed by atoms with Gasteiger partial charge in [-0.1, -0.05) is 0 Å². The Morgan fingerprint density at radius 3 is 2.47 bits per heavy atom. The van der Waals surface area contributed by atoms with Gasteiger partial charge in [0.2, 0.25) is 11.6 Å². The lowest BCUT2D eigenvalue weighted by Crippen LogP contribution is -2.30. The molecule has 0 spiro atoms. The molecule has 0 radical (unpaired) electrons. The summed E-state index contributed by atoms with van der Waals surface area (Å²) in [4.78, 5) is 26.7. The second-order valence-electron chi connectivity index (χ2n) is 3.57. The number of pyridine rings is 1. The molecule has 0 unspecified atom stereocenters. The van der Waals surface area contributed by atoms with Crippen molar-refractivity contribution in [2.75, 3.05) is 6.26 Å². The maximum atomic E-state index is 11.9. The number of carbonyl (C=O) groups excluding carboxylic acids is 2. The van der Waals surface area contributed by atoms with Crippen LogP contribution < -0.4 is 5.73 Å². The Hall–Kier alpha value is -2.02. The highest BCUT2D eigenvalue weighted by Gasteiger charge is 2.36. The van der Waals surface area contributed by atoms with Gasteiger partial charge in [-0.05, 0) is 12.1 Å². The minimum atomic E-state index is -3.86. The van der Waals surface area contributed by atoms with Crippen LogP contribution in [0.3, 0.4) is 0 Å². The molecular formula is C10H8N2O4S. The molecule has 0 saturated carbocycles. The van der Waals surface area contributed by atoms with Crippen LogP contribution in [-0.2, 0) is 9.84 Å². The van der Waals surface area contributed by atoms with Gasteiger partial charge in [0.1, 0.15) is 16.3 Å². The van der Waals surface area contributed by atoms with Gasteiger partial charge >= 0.3 is 0 Å². The minimum absolute atomic E-state index is 0.0300. The number of Topliss-reactive ketones (excluding diaryl/α,β-unsaturated/α-hetero) is 2. The van der Waals surface area contributed by atoms with Crippen LogP contribution in [0.5, 0.6) is 0 Å². The van der Waals surface area contributed by atoms with E-state index >= 15 is 0 Å². The van der Waals surface area contributed by atoms with E-state index < -0.39 is 32.0 Å². The van der Waals surface area contributed by atoms with Crippen LogP contribution in [0, 0.1) is 0 Å². The van der Waals surface area contributed by atoms with Crippen molar-refractivity contribution in [1.82, 2.24) is 4.98 Å². The molecule has 0 aliphatic heterocycles. The lowest BCUT2D eigenvalue weighted by molar-refractivity contribution is 0.0976. The smallest absolute Gasteiger partial charge is 0.225 e. The first kappa shape index (κ1) is 11.5. The van der Waals surface area contributed by atoms with Crippen molar-refractivity contribution in [2.45, 2.75) is 0 Å². The van der Waals surface area contributed by atoms with E-state index in [9.17, 15) is 18.0 Å². The number of ketones is 2. The highest BCUT2D eigenvalue weighted by atomic mass is 32.2. The fraction of sp³-hybridized carbons (Fsp3) is 0.100. The molecule has 0 saturated heterocycles. The average molecular weight is 252 g/mol. The summed E-state index contributed by atoms with van der Waals surface area (Å²) in [5, 5.41) is 0. The number of nitrogens with two attached hydrogens (primary N) is 1. The molecule has 0 aromatic carbocycles. The second-order valence-corrected chi connectivity index (χ2v) is 5.53. The Kier molecular flexibility index (Phi) is 2.35. The van der Waals surface area contributed by atoms with Gasteiger partial charge in [-0.2, -0.15) is 0 Å². The highest BCUT2D eigenvalue weighted by Crippen LogP contribution is 2.25. The molecule has 1 aromatic heterocycles. The second kappa shape index (κ2) is 3.49. The lowest BCUT2D eigenvalue weighted by Gasteiger charge is -2.15. The molecule has 0 amide bonds. The number of nitrogens with zero attached hydrogens (tertiary/aromatic N) is 1. The molecule has 2 N–H and O–H groups in total. The van der Waals surface area contributed by atoms with Crippen molar-refractivity contribution in [1.29, 1.82) is 0 Å². The Balaban J connectivity index is 2.80. The number of aromatic nitrogens is 1.